The molecule has 0 N–H and O–H groups in total. The third-order valence-corrected chi connectivity index (χ3v) is 13.0. The lowest BCUT2D eigenvalue weighted by molar-refractivity contribution is 0.0975. The number of benzene rings is 2. The summed E-state index contributed by atoms with van der Waals surface area (Å²) < 4.78 is 13.2. The number of carbonyl (C=O) groups excluding carboxylic acids is 4. The SMILES string of the molecule is CC1(C)Oc2cc(C=C3C(=O)c4ccccc4C3=O)sc2C2=CC3C=C4C(=CC3C=C21)c1sc(C=C2C(=O)c3ccccc3C2=O)cc1OC4(C)C. The summed E-state index contributed by atoms with van der Waals surface area (Å²) in [7, 11) is 0. The predicted octanol–water partition coefficient (Wildman–Crippen LogP) is 9.66. The maximum absolute atomic E-state index is 13.1. The van der Waals surface area contributed by atoms with Gasteiger partial charge in [0.25, 0.3) is 0 Å². The van der Waals surface area contributed by atoms with Crippen molar-refractivity contribution in [3.05, 3.63) is 149 Å². The first-order chi connectivity index (χ1) is 24.9. The zero-order chi connectivity index (χ0) is 35.8. The second-order valence-electron chi connectivity index (χ2n) is 14.9. The Morgan fingerprint density at radius 2 is 0.885 bits per heavy atom. The van der Waals surface area contributed by atoms with Crippen molar-refractivity contribution < 1.29 is 28.7 Å². The molecule has 0 spiro atoms. The number of fused-ring (bicyclic) bond motifs is 9. The second kappa shape index (κ2) is 10.6. The fourth-order valence-corrected chi connectivity index (χ4v) is 10.5. The van der Waals surface area contributed by atoms with Gasteiger partial charge in [-0.1, -0.05) is 72.8 Å². The lowest BCUT2D eigenvalue weighted by atomic mass is 9.70. The Hall–Kier alpha value is -5.44. The molecule has 0 bridgehead atoms. The first kappa shape index (κ1) is 31.3. The molecule has 2 aromatic carbocycles. The van der Waals surface area contributed by atoms with Gasteiger partial charge in [0.2, 0.25) is 0 Å². The van der Waals surface area contributed by atoms with E-state index in [1.54, 1.807) is 60.7 Å². The molecule has 254 valence electrons. The Balaban J connectivity index is 1.01. The van der Waals surface area contributed by atoms with Gasteiger partial charge < -0.3 is 9.47 Å². The topological polar surface area (TPSA) is 86.7 Å². The molecule has 0 saturated carbocycles. The number of carbonyl (C=O) groups is 4. The van der Waals surface area contributed by atoms with Gasteiger partial charge in [-0.15, -0.1) is 22.7 Å². The number of hydrogen-bond acceptors (Lipinski definition) is 8. The summed E-state index contributed by atoms with van der Waals surface area (Å²) in [6.45, 7) is 8.29. The third-order valence-electron chi connectivity index (χ3n) is 10.8. The van der Waals surface area contributed by atoms with Crippen LogP contribution in [-0.2, 0) is 0 Å². The van der Waals surface area contributed by atoms with Crippen LogP contribution in [0.1, 0.15) is 88.6 Å². The highest BCUT2D eigenvalue weighted by atomic mass is 32.1. The first-order valence-electron chi connectivity index (χ1n) is 17.2. The van der Waals surface area contributed by atoms with Gasteiger partial charge in [-0.2, -0.15) is 0 Å². The number of ketones is 4. The van der Waals surface area contributed by atoms with Gasteiger partial charge in [0.1, 0.15) is 22.7 Å². The molecular formula is C44H30O6S2. The first-order valence-corrected chi connectivity index (χ1v) is 18.9. The van der Waals surface area contributed by atoms with E-state index in [4.69, 9.17) is 9.47 Å². The van der Waals surface area contributed by atoms with Gasteiger partial charge in [-0.25, -0.2) is 0 Å². The van der Waals surface area contributed by atoms with Crippen molar-refractivity contribution in [2.75, 3.05) is 0 Å². The van der Waals surface area contributed by atoms with Crippen molar-refractivity contribution in [2.45, 2.75) is 38.9 Å². The summed E-state index contributed by atoms with van der Waals surface area (Å²) in [6, 6.07) is 17.8. The van der Waals surface area contributed by atoms with Gasteiger partial charge in [-0.3, -0.25) is 19.2 Å². The van der Waals surface area contributed by atoms with Crippen LogP contribution < -0.4 is 9.47 Å². The van der Waals surface area contributed by atoms with Crippen LogP contribution in [0, 0.1) is 11.8 Å². The van der Waals surface area contributed by atoms with E-state index in [0.717, 1.165) is 53.3 Å². The quantitative estimate of drug-likeness (QED) is 0.152. The smallest absolute Gasteiger partial charge is 0.197 e. The molecule has 0 amide bonds. The van der Waals surface area contributed by atoms with Crippen LogP contribution in [0.4, 0.5) is 0 Å². The van der Waals surface area contributed by atoms with Crippen LogP contribution in [0.5, 0.6) is 11.5 Å². The number of thiophene rings is 2. The van der Waals surface area contributed by atoms with Crippen LogP contribution >= 0.6 is 22.7 Å². The average molecular weight is 719 g/mol. The lowest BCUT2D eigenvalue weighted by Gasteiger charge is -2.42. The summed E-state index contributed by atoms with van der Waals surface area (Å²) in [4.78, 5) is 56.1. The van der Waals surface area contributed by atoms with Gasteiger partial charge in [0.15, 0.2) is 23.1 Å². The standard InChI is InChI=1S/C44H30O6S2/c1-43(2)33-15-21-14-30-34(44(3,4)50-36-20-24(52-42(30)36)18-32-39(47)27-11-7-8-12-28(27)40(32)48)16-22(21)13-29(33)41-35(49-43)19-23(51-41)17-31-37(45)25-9-5-6-10-26(25)38(31)46/h5-22H,1-4H3. The summed E-state index contributed by atoms with van der Waals surface area (Å²) >= 11 is 3.06. The Kier molecular flexibility index (Phi) is 6.36. The maximum atomic E-state index is 13.1. The largest absolute Gasteiger partial charge is 0.482 e. The van der Waals surface area contributed by atoms with Crippen LogP contribution in [-0.4, -0.2) is 34.3 Å². The zero-order valence-corrected chi connectivity index (χ0v) is 30.3. The molecule has 2 atom stereocenters. The molecule has 4 aliphatic carbocycles. The van der Waals surface area contributed by atoms with Crippen LogP contribution in [0.25, 0.3) is 23.3 Å². The number of ether oxygens (including phenoxy) is 2. The fraction of sp³-hybridized carbons (Fsp3) is 0.182. The summed E-state index contributed by atoms with van der Waals surface area (Å²) in [6.07, 6.45) is 12.7. The van der Waals surface area contributed by atoms with Crippen molar-refractivity contribution in [3.8, 4) is 11.5 Å². The highest BCUT2D eigenvalue weighted by Crippen LogP contribution is 2.56. The lowest BCUT2D eigenvalue weighted by Crippen LogP contribution is -2.39. The van der Waals surface area contributed by atoms with Gasteiger partial charge in [-0.05, 0) is 74.3 Å². The normalized spacial score (nSPS) is 22.6. The molecule has 8 heteroatoms. The zero-order valence-electron chi connectivity index (χ0n) is 28.7. The monoisotopic (exact) mass is 718 g/mol. The number of allylic oxidation sites excluding steroid dienone is 6. The van der Waals surface area contributed by atoms with Crippen molar-refractivity contribution in [1.29, 1.82) is 0 Å². The van der Waals surface area contributed by atoms with E-state index in [1.165, 1.54) is 22.7 Å². The van der Waals surface area contributed by atoms with Crippen LogP contribution in [0.15, 0.2) is 107 Å². The Morgan fingerprint density at radius 3 is 1.23 bits per heavy atom. The Labute approximate surface area is 307 Å². The molecule has 52 heavy (non-hydrogen) atoms. The number of hydrogen-bond donors (Lipinski definition) is 0. The van der Waals surface area contributed by atoms with E-state index < -0.39 is 11.2 Å². The van der Waals surface area contributed by atoms with Crippen molar-refractivity contribution in [3.63, 3.8) is 0 Å². The minimum atomic E-state index is -0.618. The van der Waals surface area contributed by atoms with E-state index in [-0.39, 0.29) is 46.1 Å². The van der Waals surface area contributed by atoms with Gasteiger partial charge >= 0.3 is 0 Å². The van der Waals surface area contributed by atoms with Gasteiger partial charge in [0.05, 0.1) is 20.9 Å². The molecule has 10 rings (SSSR count). The van der Waals surface area contributed by atoms with E-state index in [2.05, 4.69) is 52.0 Å². The molecule has 2 aliphatic heterocycles. The van der Waals surface area contributed by atoms with Crippen LogP contribution in [0.3, 0.4) is 0 Å². The molecule has 0 fully saturated rings. The molecule has 4 aromatic rings. The molecule has 0 radical (unpaired) electrons. The fourth-order valence-electron chi connectivity index (χ4n) is 8.32. The highest BCUT2D eigenvalue weighted by molar-refractivity contribution is 7.15. The van der Waals surface area contributed by atoms with Crippen LogP contribution in [0.2, 0.25) is 0 Å². The molecule has 2 aromatic heterocycles. The average Bonchev–Trinajstić information content (AvgIpc) is 3.84. The molecule has 6 nitrogen and oxygen atoms in total. The highest BCUT2D eigenvalue weighted by Gasteiger charge is 2.45. The number of Topliss-reactive ketones (excluding diaryl/α,β-unsaturated/α-hetero) is 4. The van der Waals surface area contributed by atoms with E-state index in [0.29, 0.717) is 22.3 Å². The molecule has 0 saturated heterocycles. The van der Waals surface area contributed by atoms with Crippen molar-refractivity contribution in [2.24, 2.45) is 11.8 Å². The van der Waals surface area contributed by atoms with E-state index >= 15 is 0 Å². The maximum Gasteiger partial charge on any atom is 0.197 e. The molecule has 4 heterocycles. The summed E-state index contributed by atoms with van der Waals surface area (Å²) in [5.41, 5.74) is 5.32. The van der Waals surface area contributed by atoms with Crippen molar-refractivity contribution >= 4 is 69.1 Å². The van der Waals surface area contributed by atoms with Crippen molar-refractivity contribution in [1.82, 2.24) is 0 Å². The molecule has 2 unspecified atom stereocenters. The summed E-state index contributed by atoms with van der Waals surface area (Å²) in [5.74, 6) is 0.636. The minimum Gasteiger partial charge on any atom is -0.482 e. The third kappa shape index (κ3) is 4.40. The Bertz CT molecular complexity index is 2350. The second-order valence-corrected chi connectivity index (χ2v) is 17.1. The summed E-state index contributed by atoms with van der Waals surface area (Å²) in [5, 5.41) is 0. The van der Waals surface area contributed by atoms with E-state index in [1.807, 2.05) is 12.1 Å². The van der Waals surface area contributed by atoms with Gasteiger partial charge in [0, 0.05) is 43.8 Å². The molecule has 6 aliphatic rings. The predicted molar refractivity (Wildman–Crippen MR) is 203 cm³/mol. The number of rotatable bonds is 2. The Morgan fingerprint density at radius 1 is 0.538 bits per heavy atom. The van der Waals surface area contributed by atoms with E-state index in [9.17, 15) is 19.2 Å². The minimum absolute atomic E-state index is 0.0638. The molecular weight excluding hydrogens is 689 g/mol.